The molecule has 0 saturated carbocycles. The Morgan fingerprint density at radius 3 is 2.78 bits per heavy atom. The van der Waals surface area contributed by atoms with Crippen LogP contribution in [0.4, 0.5) is 5.95 Å². The van der Waals surface area contributed by atoms with E-state index in [1.54, 1.807) is 0 Å². The number of aryl methyl sites for hydroxylation is 1. The summed E-state index contributed by atoms with van der Waals surface area (Å²) in [5.74, 6) is 0.411. The fourth-order valence-electron chi connectivity index (χ4n) is 4.25. The Bertz CT molecular complexity index is 1080. The second-order valence-electron chi connectivity index (χ2n) is 7.59. The van der Waals surface area contributed by atoms with Crippen LogP contribution in [0.2, 0.25) is 0 Å². The first-order chi connectivity index (χ1) is 13.1. The zero-order chi connectivity index (χ0) is 18.5. The molecule has 0 radical (unpaired) electrons. The van der Waals surface area contributed by atoms with Gasteiger partial charge in [0.25, 0.3) is 0 Å². The maximum atomic E-state index is 12.1. The van der Waals surface area contributed by atoms with E-state index in [0.29, 0.717) is 11.6 Å². The van der Waals surface area contributed by atoms with Gasteiger partial charge in [-0.15, -0.1) is 0 Å². The van der Waals surface area contributed by atoms with Crippen molar-refractivity contribution in [2.75, 3.05) is 11.4 Å². The van der Waals surface area contributed by atoms with Crippen molar-refractivity contribution in [1.29, 1.82) is 0 Å². The molecule has 2 heterocycles. The van der Waals surface area contributed by atoms with Crippen molar-refractivity contribution >= 4 is 22.6 Å². The Kier molecular flexibility index (Phi) is 3.64. The number of primary amides is 1. The predicted molar refractivity (Wildman–Crippen MR) is 107 cm³/mol. The fourth-order valence-corrected chi connectivity index (χ4v) is 4.25. The van der Waals surface area contributed by atoms with Crippen molar-refractivity contribution in [3.8, 4) is 11.3 Å². The smallest absolute Gasteiger partial charge is 0.249 e. The number of hydrogen-bond acceptors (Lipinski definition) is 4. The Morgan fingerprint density at radius 2 is 2.04 bits per heavy atom. The highest BCUT2D eigenvalue weighted by Crippen LogP contribution is 2.35. The van der Waals surface area contributed by atoms with Crippen LogP contribution in [0.5, 0.6) is 0 Å². The lowest BCUT2D eigenvalue weighted by Crippen LogP contribution is -2.46. The van der Waals surface area contributed by atoms with Crippen molar-refractivity contribution in [1.82, 2.24) is 9.97 Å². The molecular formula is C22H22N4O. The number of benzene rings is 2. The lowest BCUT2D eigenvalue weighted by atomic mass is 9.96. The molecular weight excluding hydrogens is 336 g/mol. The third-order valence-corrected chi connectivity index (χ3v) is 5.90. The van der Waals surface area contributed by atoms with Crippen LogP contribution in [-0.2, 0) is 12.8 Å². The molecule has 1 fully saturated rings. The van der Waals surface area contributed by atoms with Crippen LogP contribution in [0.25, 0.3) is 22.0 Å². The summed E-state index contributed by atoms with van der Waals surface area (Å²) in [4.78, 5) is 24.2. The number of amides is 1. The van der Waals surface area contributed by atoms with Crippen LogP contribution in [0.15, 0.2) is 36.4 Å². The molecule has 3 aromatic rings. The molecule has 2 aliphatic rings. The number of rotatable bonds is 3. The quantitative estimate of drug-likeness (QED) is 0.778. The molecule has 0 spiro atoms. The SMILES string of the molecule is C[C@H]1CCN1c1nc2c(c(-c3cc(C(N)=O)c4ccccc4c3)n1)CCC2. The van der Waals surface area contributed by atoms with Crippen LogP contribution in [-0.4, -0.2) is 28.5 Å². The minimum Gasteiger partial charge on any atom is -0.366 e. The number of hydrogen-bond donors (Lipinski definition) is 1. The Hall–Kier alpha value is -2.95. The van der Waals surface area contributed by atoms with Gasteiger partial charge in [-0.3, -0.25) is 4.79 Å². The predicted octanol–water partition coefficient (Wildman–Crippen LogP) is 3.48. The van der Waals surface area contributed by atoms with Gasteiger partial charge in [-0.05, 0) is 55.5 Å². The number of nitrogens with two attached hydrogens (primary N) is 1. The van der Waals surface area contributed by atoms with E-state index in [9.17, 15) is 4.79 Å². The molecule has 1 saturated heterocycles. The van der Waals surface area contributed by atoms with Crippen molar-refractivity contribution in [3.63, 3.8) is 0 Å². The third kappa shape index (κ3) is 2.57. The number of aromatic nitrogens is 2. The number of nitrogens with zero attached hydrogens (tertiary/aromatic N) is 3. The van der Waals surface area contributed by atoms with Gasteiger partial charge < -0.3 is 10.6 Å². The summed E-state index contributed by atoms with van der Waals surface area (Å²) in [6.07, 6.45) is 4.26. The van der Waals surface area contributed by atoms with E-state index in [1.807, 2.05) is 30.3 Å². The first-order valence-electron chi connectivity index (χ1n) is 9.61. The largest absolute Gasteiger partial charge is 0.366 e. The zero-order valence-electron chi connectivity index (χ0n) is 15.4. The average molecular weight is 358 g/mol. The summed E-state index contributed by atoms with van der Waals surface area (Å²) in [5.41, 5.74) is 10.5. The minimum atomic E-state index is -0.407. The van der Waals surface area contributed by atoms with Gasteiger partial charge in [0.05, 0.1) is 5.69 Å². The first-order valence-corrected chi connectivity index (χ1v) is 9.61. The minimum absolute atomic E-state index is 0.407. The van der Waals surface area contributed by atoms with Gasteiger partial charge in [-0.25, -0.2) is 9.97 Å². The normalized spacial score (nSPS) is 18.4. The molecule has 1 aromatic heterocycles. The monoisotopic (exact) mass is 358 g/mol. The number of carbonyl (C=O) groups is 1. The molecule has 5 rings (SSSR count). The lowest BCUT2D eigenvalue weighted by molar-refractivity contribution is 0.100. The van der Waals surface area contributed by atoms with Gasteiger partial charge in [0.1, 0.15) is 0 Å². The highest BCUT2D eigenvalue weighted by atomic mass is 16.1. The molecule has 136 valence electrons. The average Bonchev–Trinajstić information content (AvgIpc) is 3.13. The van der Waals surface area contributed by atoms with E-state index < -0.39 is 5.91 Å². The van der Waals surface area contributed by atoms with Crippen LogP contribution >= 0.6 is 0 Å². The highest BCUT2D eigenvalue weighted by Gasteiger charge is 2.29. The standard InChI is InChI=1S/C22H22N4O/c1-13-9-10-26(13)22-24-19-8-4-7-17(19)20(25-22)15-11-14-5-2-3-6-16(14)18(12-15)21(23)27/h2-3,5-6,11-13H,4,7-10H2,1H3,(H2,23,27)/t13-/m0/s1. The summed E-state index contributed by atoms with van der Waals surface area (Å²) >= 11 is 0. The van der Waals surface area contributed by atoms with Crippen LogP contribution in [0.3, 0.4) is 0 Å². The van der Waals surface area contributed by atoms with E-state index in [1.165, 1.54) is 12.0 Å². The second kappa shape index (κ2) is 6.05. The summed E-state index contributed by atoms with van der Waals surface area (Å²) in [6, 6.07) is 12.4. The van der Waals surface area contributed by atoms with E-state index in [0.717, 1.165) is 59.5 Å². The topological polar surface area (TPSA) is 72.1 Å². The zero-order valence-corrected chi connectivity index (χ0v) is 15.4. The third-order valence-electron chi connectivity index (χ3n) is 5.90. The molecule has 1 amide bonds. The Labute approximate surface area is 158 Å². The summed E-state index contributed by atoms with van der Waals surface area (Å²) in [5, 5.41) is 1.89. The maximum Gasteiger partial charge on any atom is 0.249 e. The first kappa shape index (κ1) is 16.2. The number of carbonyl (C=O) groups excluding carboxylic acids is 1. The molecule has 1 aliphatic carbocycles. The van der Waals surface area contributed by atoms with Crippen LogP contribution in [0.1, 0.15) is 41.4 Å². The van der Waals surface area contributed by atoms with E-state index in [-0.39, 0.29) is 0 Å². The number of fused-ring (bicyclic) bond motifs is 2. The molecule has 5 nitrogen and oxygen atoms in total. The summed E-state index contributed by atoms with van der Waals surface area (Å²) in [6.45, 7) is 3.21. The van der Waals surface area contributed by atoms with Crippen molar-refractivity contribution in [2.45, 2.75) is 38.6 Å². The Morgan fingerprint density at radius 1 is 1.19 bits per heavy atom. The number of anilines is 1. The molecule has 0 unspecified atom stereocenters. The van der Waals surface area contributed by atoms with E-state index >= 15 is 0 Å². The molecule has 2 aromatic carbocycles. The summed E-state index contributed by atoms with van der Waals surface area (Å²) < 4.78 is 0. The molecule has 5 heteroatoms. The molecule has 1 aliphatic heterocycles. The van der Waals surface area contributed by atoms with Crippen molar-refractivity contribution in [2.24, 2.45) is 5.73 Å². The van der Waals surface area contributed by atoms with Crippen molar-refractivity contribution in [3.05, 3.63) is 53.2 Å². The van der Waals surface area contributed by atoms with Gasteiger partial charge in [0.2, 0.25) is 11.9 Å². The lowest BCUT2D eigenvalue weighted by Gasteiger charge is -2.39. The Balaban J connectivity index is 1.74. The molecule has 27 heavy (non-hydrogen) atoms. The maximum absolute atomic E-state index is 12.1. The van der Waals surface area contributed by atoms with Crippen LogP contribution < -0.4 is 10.6 Å². The van der Waals surface area contributed by atoms with E-state index in [2.05, 4.69) is 17.9 Å². The molecule has 0 bridgehead atoms. The fraction of sp³-hybridized carbons (Fsp3) is 0.318. The summed E-state index contributed by atoms with van der Waals surface area (Å²) in [7, 11) is 0. The molecule has 1 atom stereocenters. The highest BCUT2D eigenvalue weighted by molar-refractivity contribution is 6.08. The van der Waals surface area contributed by atoms with Crippen molar-refractivity contribution < 1.29 is 4.79 Å². The van der Waals surface area contributed by atoms with Gasteiger partial charge in [-0.1, -0.05) is 24.3 Å². The van der Waals surface area contributed by atoms with Gasteiger partial charge >= 0.3 is 0 Å². The molecule has 2 N–H and O–H groups in total. The van der Waals surface area contributed by atoms with Crippen LogP contribution in [0, 0.1) is 0 Å². The van der Waals surface area contributed by atoms with E-state index in [4.69, 9.17) is 15.7 Å². The van der Waals surface area contributed by atoms with Gasteiger partial charge in [0, 0.05) is 35.0 Å². The second-order valence-corrected chi connectivity index (χ2v) is 7.59. The van der Waals surface area contributed by atoms with Gasteiger partial charge in [-0.2, -0.15) is 0 Å². The van der Waals surface area contributed by atoms with Gasteiger partial charge in [0.15, 0.2) is 0 Å².